The molecule has 0 amide bonds. The van der Waals surface area contributed by atoms with Gasteiger partial charge in [0, 0.05) is 12.1 Å². The number of nitrogens with two attached hydrogens (primary N) is 1. The standard InChI is InChI=1S/C14H20Cl2N2/c1-14(10-17,18-7-2-3-8-18)9-11-5-4-6-12(15)13(11)16/h4-6H,2-3,7-10,17H2,1H3. The first-order valence-corrected chi connectivity index (χ1v) is 7.20. The Hall–Kier alpha value is -0.280. The van der Waals surface area contributed by atoms with E-state index >= 15 is 0 Å². The minimum absolute atomic E-state index is 0.0230. The zero-order valence-corrected chi connectivity index (χ0v) is 12.3. The van der Waals surface area contributed by atoms with Crippen molar-refractivity contribution >= 4 is 23.2 Å². The Morgan fingerprint density at radius 3 is 2.56 bits per heavy atom. The van der Waals surface area contributed by atoms with Crippen LogP contribution in [0.25, 0.3) is 0 Å². The van der Waals surface area contributed by atoms with E-state index in [4.69, 9.17) is 28.9 Å². The molecule has 1 fully saturated rings. The molecule has 4 heteroatoms. The fourth-order valence-electron chi connectivity index (χ4n) is 2.67. The minimum Gasteiger partial charge on any atom is -0.329 e. The Bertz CT molecular complexity index is 416. The van der Waals surface area contributed by atoms with Gasteiger partial charge in [-0.25, -0.2) is 0 Å². The molecule has 0 bridgehead atoms. The molecule has 0 aromatic heterocycles. The fourth-order valence-corrected chi connectivity index (χ4v) is 3.05. The summed E-state index contributed by atoms with van der Waals surface area (Å²) in [6.45, 7) is 5.11. The van der Waals surface area contributed by atoms with E-state index in [-0.39, 0.29) is 5.54 Å². The molecule has 2 N–H and O–H groups in total. The molecule has 2 rings (SSSR count). The number of rotatable bonds is 4. The van der Waals surface area contributed by atoms with Crippen LogP contribution in [0.4, 0.5) is 0 Å². The van der Waals surface area contributed by atoms with Gasteiger partial charge in [-0.3, -0.25) is 4.90 Å². The lowest BCUT2D eigenvalue weighted by Crippen LogP contribution is -2.51. The second-order valence-corrected chi connectivity index (χ2v) is 6.07. The summed E-state index contributed by atoms with van der Waals surface area (Å²) < 4.78 is 0. The van der Waals surface area contributed by atoms with E-state index in [0.29, 0.717) is 16.6 Å². The molecule has 0 aliphatic carbocycles. The summed E-state index contributed by atoms with van der Waals surface area (Å²) in [5.41, 5.74) is 7.07. The van der Waals surface area contributed by atoms with Gasteiger partial charge in [0.1, 0.15) is 0 Å². The number of hydrogen-bond acceptors (Lipinski definition) is 2. The summed E-state index contributed by atoms with van der Waals surface area (Å²) in [7, 11) is 0. The molecule has 1 unspecified atom stereocenters. The molecule has 1 saturated heterocycles. The molecule has 1 aromatic rings. The maximum atomic E-state index is 6.27. The molecule has 1 aliphatic heterocycles. The van der Waals surface area contributed by atoms with Crippen LogP contribution in [-0.2, 0) is 6.42 Å². The number of nitrogens with zero attached hydrogens (tertiary/aromatic N) is 1. The molecule has 0 radical (unpaired) electrons. The van der Waals surface area contributed by atoms with Crippen molar-refractivity contribution in [2.24, 2.45) is 5.73 Å². The number of hydrogen-bond donors (Lipinski definition) is 1. The average Bonchev–Trinajstić information content (AvgIpc) is 2.89. The SMILES string of the molecule is CC(CN)(Cc1cccc(Cl)c1Cl)N1CCCC1. The van der Waals surface area contributed by atoms with Crippen LogP contribution < -0.4 is 5.73 Å². The largest absolute Gasteiger partial charge is 0.329 e. The molecule has 1 heterocycles. The highest BCUT2D eigenvalue weighted by Crippen LogP contribution is 2.31. The van der Waals surface area contributed by atoms with Gasteiger partial charge in [-0.05, 0) is 50.9 Å². The summed E-state index contributed by atoms with van der Waals surface area (Å²) >= 11 is 12.3. The highest BCUT2D eigenvalue weighted by atomic mass is 35.5. The van der Waals surface area contributed by atoms with Gasteiger partial charge >= 0.3 is 0 Å². The second kappa shape index (κ2) is 5.79. The highest BCUT2D eigenvalue weighted by Gasteiger charge is 2.33. The Morgan fingerprint density at radius 1 is 1.28 bits per heavy atom. The molecule has 1 atom stereocenters. The van der Waals surface area contributed by atoms with E-state index in [1.807, 2.05) is 18.2 Å². The molecule has 1 aromatic carbocycles. The summed E-state index contributed by atoms with van der Waals surface area (Å²) in [5, 5.41) is 1.29. The van der Waals surface area contributed by atoms with Crippen molar-refractivity contribution in [1.29, 1.82) is 0 Å². The zero-order valence-electron chi connectivity index (χ0n) is 10.8. The van der Waals surface area contributed by atoms with E-state index in [1.165, 1.54) is 12.8 Å². The molecule has 2 nitrogen and oxygen atoms in total. The van der Waals surface area contributed by atoms with Gasteiger partial charge in [-0.15, -0.1) is 0 Å². The van der Waals surface area contributed by atoms with Crippen LogP contribution in [0, 0.1) is 0 Å². The van der Waals surface area contributed by atoms with Crippen LogP contribution in [-0.4, -0.2) is 30.1 Å². The Morgan fingerprint density at radius 2 is 1.94 bits per heavy atom. The summed E-state index contributed by atoms with van der Waals surface area (Å²) in [6, 6.07) is 5.81. The van der Waals surface area contributed by atoms with E-state index in [0.717, 1.165) is 25.1 Å². The maximum Gasteiger partial charge on any atom is 0.0624 e. The van der Waals surface area contributed by atoms with E-state index in [9.17, 15) is 0 Å². The van der Waals surface area contributed by atoms with Crippen LogP contribution in [0.2, 0.25) is 10.0 Å². The van der Waals surface area contributed by atoms with Gasteiger partial charge in [0.15, 0.2) is 0 Å². The third-order valence-electron chi connectivity index (χ3n) is 3.91. The number of likely N-dealkylation sites (tertiary alicyclic amines) is 1. The third-order valence-corrected chi connectivity index (χ3v) is 4.77. The zero-order chi connectivity index (χ0) is 13.2. The van der Waals surface area contributed by atoms with Crippen molar-refractivity contribution in [1.82, 2.24) is 4.90 Å². The number of halogens is 2. The van der Waals surface area contributed by atoms with Crippen molar-refractivity contribution < 1.29 is 0 Å². The average molecular weight is 287 g/mol. The maximum absolute atomic E-state index is 6.27. The normalized spacial score (nSPS) is 20.0. The lowest BCUT2D eigenvalue weighted by Gasteiger charge is -2.38. The number of benzene rings is 1. The molecule has 0 saturated carbocycles. The third kappa shape index (κ3) is 2.83. The quantitative estimate of drug-likeness (QED) is 0.920. The second-order valence-electron chi connectivity index (χ2n) is 5.28. The first-order chi connectivity index (χ1) is 8.57. The van der Waals surface area contributed by atoms with E-state index < -0.39 is 0 Å². The first kappa shape index (κ1) is 14.1. The van der Waals surface area contributed by atoms with Gasteiger partial charge in [0.25, 0.3) is 0 Å². The van der Waals surface area contributed by atoms with Crippen molar-refractivity contribution in [2.75, 3.05) is 19.6 Å². The molecule has 0 spiro atoms. The van der Waals surface area contributed by atoms with Crippen LogP contribution in [0.3, 0.4) is 0 Å². The molecular formula is C14H20Cl2N2. The van der Waals surface area contributed by atoms with Gasteiger partial charge in [0.2, 0.25) is 0 Å². The monoisotopic (exact) mass is 286 g/mol. The van der Waals surface area contributed by atoms with Crippen LogP contribution in [0.15, 0.2) is 18.2 Å². The van der Waals surface area contributed by atoms with Crippen LogP contribution in [0.5, 0.6) is 0 Å². The van der Waals surface area contributed by atoms with Gasteiger partial charge in [-0.1, -0.05) is 35.3 Å². The molecule has 100 valence electrons. The lowest BCUT2D eigenvalue weighted by atomic mass is 9.91. The van der Waals surface area contributed by atoms with E-state index in [2.05, 4.69) is 11.8 Å². The Balaban J connectivity index is 2.21. The highest BCUT2D eigenvalue weighted by molar-refractivity contribution is 6.42. The topological polar surface area (TPSA) is 29.3 Å². The molecular weight excluding hydrogens is 267 g/mol. The van der Waals surface area contributed by atoms with Crippen molar-refractivity contribution in [3.63, 3.8) is 0 Å². The Labute approximate surface area is 119 Å². The van der Waals surface area contributed by atoms with Gasteiger partial charge < -0.3 is 5.73 Å². The first-order valence-electron chi connectivity index (χ1n) is 6.45. The smallest absolute Gasteiger partial charge is 0.0624 e. The van der Waals surface area contributed by atoms with Crippen LogP contribution in [0.1, 0.15) is 25.3 Å². The minimum atomic E-state index is -0.0230. The van der Waals surface area contributed by atoms with E-state index in [1.54, 1.807) is 0 Å². The van der Waals surface area contributed by atoms with Crippen molar-refractivity contribution in [3.8, 4) is 0 Å². The fraction of sp³-hybridized carbons (Fsp3) is 0.571. The predicted octanol–water partition coefficient (Wildman–Crippen LogP) is 3.35. The Kier molecular flexibility index (Phi) is 4.54. The van der Waals surface area contributed by atoms with Gasteiger partial charge in [-0.2, -0.15) is 0 Å². The van der Waals surface area contributed by atoms with Crippen LogP contribution >= 0.6 is 23.2 Å². The molecule has 1 aliphatic rings. The molecule has 18 heavy (non-hydrogen) atoms. The van der Waals surface area contributed by atoms with Crippen molar-refractivity contribution in [2.45, 2.75) is 31.7 Å². The summed E-state index contributed by atoms with van der Waals surface area (Å²) in [6.07, 6.45) is 3.38. The lowest BCUT2D eigenvalue weighted by molar-refractivity contribution is 0.143. The summed E-state index contributed by atoms with van der Waals surface area (Å²) in [4.78, 5) is 2.48. The van der Waals surface area contributed by atoms with Crippen molar-refractivity contribution in [3.05, 3.63) is 33.8 Å². The predicted molar refractivity (Wildman–Crippen MR) is 78.4 cm³/mol. The van der Waals surface area contributed by atoms with Gasteiger partial charge in [0.05, 0.1) is 10.0 Å². The summed E-state index contributed by atoms with van der Waals surface area (Å²) in [5.74, 6) is 0.